The number of pyridine rings is 2. The number of H-pyrrole nitrogens is 1. The van der Waals surface area contributed by atoms with Crippen LogP contribution in [-0.2, 0) is 10.2 Å². The minimum Gasteiger partial charge on any atom is -0.356 e. The number of amides is 1. The van der Waals surface area contributed by atoms with Crippen molar-refractivity contribution in [1.82, 2.24) is 34.8 Å². The third-order valence-electron chi connectivity index (χ3n) is 8.07. The van der Waals surface area contributed by atoms with E-state index in [1.165, 1.54) is 0 Å². The van der Waals surface area contributed by atoms with Gasteiger partial charge in [0.2, 0.25) is 5.91 Å². The second-order valence-electron chi connectivity index (χ2n) is 10.5. The van der Waals surface area contributed by atoms with Gasteiger partial charge in [-0.1, -0.05) is 6.07 Å². The molecular formula is C28H30N8O. The molecule has 1 N–H and O–H groups in total. The fourth-order valence-electron chi connectivity index (χ4n) is 5.85. The Hall–Kier alpha value is -3.88. The number of likely N-dealkylation sites (tertiary alicyclic amines) is 1. The molecule has 3 fully saturated rings. The minimum absolute atomic E-state index is 0.0485. The Morgan fingerprint density at radius 3 is 2.62 bits per heavy atom. The van der Waals surface area contributed by atoms with Gasteiger partial charge in [0.05, 0.1) is 22.5 Å². The smallest absolute Gasteiger partial charge is 0.227 e. The van der Waals surface area contributed by atoms with Gasteiger partial charge in [-0.3, -0.25) is 9.78 Å². The SMILES string of the molecule is O=C([C@@H]1CCCN(c2ccc3[nH]c(-c4ccnc(C5(c6ccccn6)CC5)n4)nc3n2)C1)N1CCCC1. The Morgan fingerprint density at radius 2 is 1.81 bits per heavy atom. The van der Waals surface area contributed by atoms with E-state index in [0.29, 0.717) is 17.4 Å². The van der Waals surface area contributed by atoms with E-state index < -0.39 is 0 Å². The van der Waals surface area contributed by atoms with Crippen LogP contribution in [0.4, 0.5) is 5.82 Å². The van der Waals surface area contributed by atoms with Gasteiger partial charge in [-0.05, 0) is 68.9 Å². The lowest BCUT2D eigenvalue weighted by molar-refractivity contribution is -0.134. The molecule has 4 aromatic rings. The average molecular weight is 495 g/mol. The van der Waals surface area contributed by atoms with Crippen LogP contribution in [0.1, 0.15) is 50.0 Å². The van der Waals surface area contributed by atoms with Crippen LogP contribution in [0.2, 0.25) is 0 Å². The van der Waals surface area contributed by atoms with Gasteiger partial charge in [-0.15, -0.1) is 0 Å². The van der Waals surface area contributed by atoms with Crippen molar-refractivity contribution in [3.63, 3.8) is 0 Å². The first kappa shape index (κ1) is 22.3. The van der Waals surface area contributed by atoms with Gasteiger partial charge in [0.15, 0.2) is 11.5 Å². The highest BCUT2D eigenvalue weighted by Crippen LogP contribution is 2.51. The molecule has 0 radical (unpaired) electrons. The first-order chi connectivity index (χ1) is 18.2. The first-order valence-electron chi connectivity index (χ1n) is 13.4. The zero-order valence-corrected chi connectivity index (χ0v) is 20.8. The fourth-order valence-corrected chi connectivity index (χ4v) is 5.85. The number of rotatable bonds is 5. The third-order valence-corrected chi connectivity index (χ3v) is 8.07. The summed E-state index contributed by atoms with van der Waals surface area (Å²) < 4.78 is 0. The monoisotopic (exact) mass is 494 g/mol. The molecule has 0 spiro atoms. The van der Waals surface area contributed by atoms with E-state index in [1.807, 2.05) is 41.4 Å². The highest BCUT2D eigenvalue weighted by molar-refractivity contribution is 5.80. The summed E-state index contributed by atoms with van der Waals surface area (Å²) >= 11 is 0. The fraction of sp³-hybridized carbons (Fsp3) is 0.429. The van der Waals surface area contributed by atoms with Crippen LogP contribution in [0.25, 0.3) is 22.7 Å². The molecule has 1 aliphatic carbocycles. The Labute approximate surface area is 215 Å². The predicted molar refractivity (Wildman–Crippen MR) is 140 cm³/mol. The molecule has 0 unspecified atom stereocenters. The quantitative estimate of drug-likeness (QED) is 0.451. The highest BCUT2D eigenvalue weighted by Gasteiger charge is 2.50. The summed E-state index contributed by atoms with van der Waals surface area (Å²) in [5, 5.41) is 0. The summed E-state index contributed by atoms with van der Waals surface area (Å²) in [6, 6.07) is 11.9. The number of fused-ring (bicyclic) bond motifs is 1. The number of imidazole rings is 1. The zero-order chi connectivity index (χ0) is 24.8. The molecule has 188 valence electrons. The van der Waals surface area contributed by atoms with Crippen molar-refractivity contribution in [2.45, 2.75) is 43.9 Å². The molecule has 7 rings (SSSR count). The van der Waals surface area contributed by atoms with E-state index in [1.54, 1.807) is 6.20 Å². The van der Waals surface area contributed by atoms with E-state index in [4.69, 9.17) is 15.0 Å². The number of hydrogen-bond acceptors (Lipinski definition) is 7. The minimum atomic E-state index is -0.202. The van der Waals surface area contributed by atoms with Crippen LogP contribution in [-0.4, -0.2) is 66.9 Å². The van der Waals surface area contributed by atoms with Gasteiger partial charge >= 0.3 is 0 Å². The van der Waals surface area contributed by atoms with E-state index in [0.717, 1.165) is 93.3 Å². The third kappa shape index (κ3) is 4.02. The number of piperidine rings is 1. The number of carbonyl (C=O) groups is 1. The van der Waals surface area contributed by atoms with Crippen molar-refractivity contribution in [3.8, 4) is 11.5 Å². The zero-order valence-electron chi connectivity index (χ0n) is 20.8. The molecule has 3 aliphatic rings. The maximum atomic E-state index is 13.0. The van der Waals surface area contributed by atoms with Crippen molar-refractivity contribution >= 4 is 22.9 Å². The molecule has 1 saturated carbocycles. The van der Waals surface area contributed by atoms with Gasteiger partial charge in [-0.2, -0.15) is 0 Å². The predicted octanol–water partition coefficient (Wildman–Crippen LogP) is 3.73. The van der Waals surface area contributed by atoms with Crippen LogP contribution >= 0.6 is 0 Å². The Bertz CT molecular complexity index is 1440. The normalized spacial score (nSPS) is 20.9. The van der Waals surface area contributed by atoms with Crippen LogP contribution in [0.3, 0.4) is 0 Å². The van der Waals surface area contributed by atoms with Crippen molar-refractivity contribution in [2.24, 2.45) is 5.92 Å². The molecule has 0 bridgehead atoms. The lowest BCUT2D eigenvalue weighted by Crippen LogP contribution is -2.44. The first-order valence-corrected chi connectivity index (χ1v) is 13.4. The van der Waals surface area contributed by atoms with Crippen LogP contribution in [0.15, 0.2) is 48.8 Å². The maximum Gasteiger partial charge on any atom is 0.227 e. The second kappa shape index (κ2) is 8.90. The molecule has 2 saturated heterocycles. The molecule has 0 aromatic carbocycles. The molecule has 9 heteroatoms. The number of carbonyl (C=O) groups excluding carboxylic acids is 1. The lowest BCUT2D eigenvalue weighted by Gasteiger charge is -2.34. The molecule has 2 aliphatic heterocycles. The number of nitrogens with one attached hydrogen (secondary N) is 1. The summed E-state index contributed by atoms with van der Waals surface area (Å²) in [6.45, 7) is 3.44. The topological polar surface area (TPSA) is 104 Å². The van der Waals surface area contributed by atoms with Crippen molar-refractivity contribution < 1.29 is 4.79 Å². The van der Waals surface area contributed by atoms with Crippen LogP contribution in [0, 0.1) is 5.92 Å². The summed E-state index contributed by atoms with van der Waals surface area (Å²) in [5.41, 5.74) is 3.09. The van der Waals surface area contributed by atoms with E-state index in [2.05, 4.69) is 25.9 Å². The lowest BCUT2D eigenvalue weighted by atomic mass is 9.96. The Balaban J connectivity index is 1.14. The number of anilines is 1. The summed E-state index contributed by atoms with van der Waals surface area (Å²) in [6.07, 6.45) is 9.83. The van der Waals surface area contributed by atoms with E-state index in [-0.39, 0.29) is 11.3 Å². The van der Waals surface area contributed by atoms with Crippen molar-refractivity contribution in [3.05, 3.63) is 60.3 Å². The second-order valence-corrected chi connectivity index (χ2v) is 10.5. The molecule has 4 aromatic heterocycles. The van der Waals surface area contributed by atoms with E-state index in [9.17, 15) is 4.79 Å². The molecule has 6 heterocycles. The number of aromatic nitrogens is 6. The average Bonchev–Trinajstić information content (AvgIpc) is 3.37. The van der Waals surface area contributed by atoms with Crippen LogP contribution in [0.5, 0.6) is 0 Å². The summed E-state index contributed by atoms with van der Waals surface area (Å²) in [4.78, 5) is 44.4. The number of hydrogen-bond donors (Lipinski definition) is 1. The molecule has 37 heavy (non-hydrogen) atoms. The summed E-state index contributed by atoms with van der Waals surface area (Å²) in [5.74, 6) is 2.71. The highest BCUT2D eigenvalue weighted by atomic mass is 16.2. The van der Waals surface area contributed by atoms with Gasteiger partial charge in [0.25, 0.3) is 0 Å². The summed E-state index contributed by atoms with van der Waals surface area (Å²) in [7, 11) is 0. The van der Waals surface area contributed by atoms with Gasteiger partial charge < -0.3 is 14.8 Å². The maximum absolute atomic E-state index is 13.0. The Morgan fingerprint density at radius 1 is 0.919 bits per heavy atom. The van der Waals surface area contributed by atoms with Gasteiger partial charge in [0, 0.05) is 38.6 Å². The molecule has 1 amide bonds. The van der Waals surface area contributed by atoms with Crippen molar-refractivity contribution in [1.29, 1.82) is 0 Å². The largest absolute Gasteiger partial charge is 0.356 e. The standard InChI is InChI=1S/C28H30N8O/c37-26(35-15-3-4-16-35)19-6-5-17-36(18-19)23-9-8-20-25(33-23)34-24(31-20)21-10-14-30-27(32-21)28(11-12-28)22-7-1-2-13-29-22/h1-2,7-10,13-14,19H,3-6,11-12,15-18H2,(H,31,33,34)/t19-/m1/s1. The number of aromatic amines is 1. The molecular weight excluding hydrogens is 464 g/mol. The molecule has 1 atom stereocenters. The van der Waals surface area contributed by atoms with Gasteiger partial charge in [-0.25, -0.2) is 19.9 Å². The molecule has 9 nitrogen and oxygen atoms in total. The van der Waals surface area contributed by atoms with Crippen LogP contribution < -0.4 is 4.90 Å². The number of nitrogens with zero attached hydrogens (tertiary/aromatic N) is 7. The van der Waals surface area contributed by atoms with Gasteiger partial charge in [0.1, 0.15) is 17.3 Å². The van der Waals surface area contributed by atoms with Crippen molar-refractivity contribution in [2.75, 3.05) is 31.1 Å². The Kier molecular flexibility index (Phi) is 5.37. The van der Waals surface area contributed by atoms with E-state index >= 15 is 0 Å².